The fourth-order valence-corrected chi connectivity index (χ4v) is 3.31. The number of aromatic amines is 1. The second-order valence-corrected chi connectivity index (χ2v) is 6.43. The molecule has 0 aliphatic carbocycles. The molecule has 0 saturated carbocycles. The van der Waals surface area contributed by atoms with E-state index in [9.17, 15) is 9.50 Å². The molecule has 2 aromatic heterocycles. The monoisotopic (exact) mass is 342 g/mol. The zero-order valence-corrected chi connectivity index (χ0v) is 13.6. The van der Waals surface area contributed by atoms with E-state index >= 15 is 0 Å². The van der Waals surface area contributed by atoms with Crippen LogP contribution in [-0.4, -0.2) is 48.3 Å². The summed E-state index contributed by atoms with van der Waals surface area (Å²) in [4.78, 5) is 2.16. The standard InChI is InChI=1S/C17H19FN6O/c18-13-2-4-15(5-3-13)24-9-6-14(21-24)11-23-8-1-7-17(25,12-23)16-10-19-22-20-16/h2-6,9-10,25H,1,7-8,11-12H2,(H,19,20,22)/t17-/m1/s1. The summed E-state index contributed by atoms with van der Waals surface area (Å²) < 4.78 is 14.8. The van der Waals surface area contributed by atoms with Gasteiger partial charge in [0.15, 0.2) is 0 Å². The summed E-state index contributed by atoms with van der Waals surface area (Å²) >= 11 is 0. The predicted octanol–water partition coefficient (Wildman–Crippen LogP) is 1.61. The van der Waals surface area contributed by atoms with Crippen LogP contribution >= 0.6 is 0 Å². The quantitative estimate of drug-likeness (QED) is 0.753. The Morgan fingerprint density at radius 3 is 2.84 bits per heavy atom. The number of nitrogens with zero attached hydrogens (tertiary/aromatic N) is 5. The Morgan fingerprint density at radius 1 is 1.24 bits per heavy atom. The van der Waals surface area contributed by atoms with Crippen LogP contribution in [0.1, 0.15) is 24.2 Å². The highest BCUT2D eigenvalue weighted by Gasteiger charge is 2.37. The number of aromatic nitrogens is 5. The molecule has 0 spiro atoms. The van der Waals surface area contributed by atoms with Gasteiger partial charge in [0.25, 0.3) is 0 Å². The summed E-state index contributed by atoms with van der Waals surface area (Å²) in [7, 11) is 0. The minimum Gasteiger partial charge on any atom is -0.382 e. The summed E-state index contributed by atoms with van der Waals surface area (Å²) in [6, 6.07) is 8.15. The van der Waals surface area contributed by atoms with Gasteiger partial charge in [0.1, 0.15) is 17.1 Å². The van der Waals surface area contributed by atoms with Crippen molar-refractivity contribution in [1.29, 1.82) is 0 Å². The highest BCUT2D eigenvalue weighted by atomic mass is 19.1. The van der Waals surface area contributed by atoms with E-state index in [1.54, 1.807) is 23.0 Å². The number of piperidine rings is 1. The van der Waals surface area contributed by atoms with E-state index in [2.05, 4.69) is 25.4 Å². The molecule has 0 radical (unpaired) electrons. The third-order valence-corrected chi connectivity index (χ3v) is 4.56. The molecule has 1 aromatic carbocycles. The first-order valence-corrected chi connectivity index (χ1v) is 8.24. The first kappa shape index (κ1) is 15.9. The average Bonchev–Trinajstić information content (AvgIpc) is 3.28. The Labute approximate surface area is 144 Å². The van der Waals surface area contributed by atoms with Crippen LogP contribution in [0.25, 0.3) is 5.69 Å². The molecule has 1 atom stereocenters. The Morgan fingerprint density at radius 2 is 2.08 bits per heavy atom. The van der Waals surface area contributed by atoms with Gasteiger partial charge in [-0.05, 0) is 49.7 Å². The lowest BCUT2D eigenvalue weighted by Gasteiger charge is -2.37. The molecule has 0 unspecified atom stereocenters. The number of rotatable bonds is 4. The van der Waals surface area contributed by atoms with Crippen LogP contribution in [0, 0.1) is 5.82 Å². The average molecular weight is 342 g/mol. The number of β-amino-alcohol motifs (C(OH)–C–C–N with tert-alkyl or cyclic N) is 1. The third-order valence-electron chi connectivity index (χ3n) is 4.56. The number of aliphatic hydroxyl groups is 1. The van der Waals surface area contributed by atoms with Crippen molar-refractivity contribution in [2.75, 3.05) is 13.1 Å². The van der Waals surface area contributed by atoms with E-state index < -0.39 is 5.60 Å². The maximum absolute atomic E-state index is 13.0. The number of hydrogen-bond acceptors (Lipinski definition) is 5. The second-order valence-electron chi connectivity index (χ2n) is 6.43. The van der Waals surface area contributed by atoms with Crippen molar-refractivity contribution in [2.24, 2.45) is 0 Å². The number of benzene rings is 1. The van der Waals surface area contributed by atoms with Gasteiger partial charge in [-0.3, -0.25) is 4.90 Å². The number of hydrogen-bond donors (Lipinski definition) is 2. The van der Waals surface area contributed by atoms with Crippen molar-refractivity contribution in [1.82, 2.24) is 30.1 Å². The van der Waals surface area contributed by atoms with Crippen LogP contribution in [-0.2, 0) is 12.1 Å². The lowest BCUT2D eigenvalue weighted by atomic mass is 9.90. The Balaban J connectivity index is 1.46. The Kier molecular flexibility index (Phi) is 4.06. The van der Waals surface area contributed by atoms with E-state index in [1.165, 1.54) is 12.1 Å². The Hall–Kier alpha value is -2.58. The van der Waals surface area contributed by atoms with Crippen molar-refractivity contribution in [3.8, 4) is 5.69 Å². The van der Waals surface area contributed by atoms with Gasteiger partial charge >= 0.3 is 0 Å². The van der Waals surface area contributed by atoms with Crippen LogP contribution in [0.3, 0.4) is 0 Å². The molecule has 3 aromatic rings. The predicted molar refractivity (Wildman–Crippen MR) is 88.3 cm³/mol. The summed E-state index contributed by atoms with van der Waals surface area (Å²) in [5.41, 5.74) is 1.30. The smallest absolute Gasteiger partial charge is 0.123 e. The van der Waals surface area contributed by atoms with Gasteiger partial charge in [0, 0.05) is 19.3 Å². The number of H-pyrrole nitrogens is 1. The summed E-state index contributed by atoms with van der Waals surface area (Å²) in [6.07, 6.45) is 4.98. The normalized spacial score (nSPS) is 21.5. The molecule has 1 aliphatic rings. The summed E-state index contributed by atoms with van der Waals surface area (Å²) in [5, 5.41) is 25.8. The molecule has 3 heterocycles. The molecule has 8 heteroatoms. The molecule has 1 aliphatic heterocycles. The van der Waals surface area contributed by atoms with Crippen LogP contribution in [0.2, 0.25) is 0 Å². The van der Waals surface area contributed by atoms with Crippen LogP contribution < -0.4 is 0 Å². The molecule has 4 rings (SSSR count). The highest BCUT2D eigenvalue weighted by Crippen LogP contribution is 2.30. The van der Waals surface area contributed by atoms with Gasteiger partial charge in [-0.15, -0.1) is 0 Å². The van der Waals surface area contributed by atoms with E-state index in [4.69, 9.17) is 0 Å². The summed E-state index contributed by atoms with van der Waals surface area (Å²) in [5.74, 6) is -0.267. The molecule has 25 heavy (non-hydrogen) atoms. The van der Waals surface area contributed by atoms with Gasteiger partial charge in [-0.2, -0.15) is 20.5 Å². The third kappa shape index (κ3) is 3.31. The van der Waals surface area contributed by atoms with Crippen LogP contribution in [0.5, 0.6) is 0 Å². The van der Waals surface area contributed by atoms with E-state index in [1.807, 2.05) is 12.3 Å². The van der Waals surface area contributed by atoms with Crippen molar-refractivity contribution in [2.45, 2.75) is 25.0 Å². The minimum atomic E-state index is -0.981. The van der Waals surface area contributed by atoms with E-state index in [0.717, 1.165) is 24.3 Å². The van der Waals surface area contributed by atoms with Gasteiger partial charge < -0.3 is 5.11 Å². The molecule has 7 nitrogen and oxygen atoms in total. The molecule has 1 saturated heterocycles. The largest absolute Gasteiger partial charge is 0.382 e. The lowest BCUT2D eigenvalue weighted by molar-refractivity contribution is -0.0417. The Bertz CT molecular complexity index is 831. The van der Waals surface area contributed by atoms with Crippen molar-refractivity contribution in [3.63, 3.8) is 0 Å². The molecular formula is C17H19FN6O. The topological polar surface area (TPSA) is 82.9 Å². The fourth-order valence-electron chi connectivity index (χ4n) is 3.31. The van der Waals surface area contributed by atoms with Crippen LogP contribution in [0.4, 0.5) is 4.39 Å². The molecule has 1 fully saturated rings. The zero-order chi connectivity index (χ0) is 17.3. The van der Waals surface area contributed by atoms with Crippen LogP contribution in [0.15, 0.2) is 42.7 Å². The van der Waals surface area contributed by atoms with Gasteiger partial charge in [0.05, 0.1) is 17.6 Å². The maximum Gasteiger partial charge on any atom is 0.123 e. The molecule has 0 amide bonds. The SMILES string of the molecule is O[C@]1(c2cn[nH]n2)CCCN(Cc2ccn(-c3ccc(F)cc3)n2)C1. The number of nitrogens with one attached hydrogen (secondary N) is 1. The van der Waals surface area contributed by atoms with Gasteiger partial charge in [0.2, 0.25) is 0 Å². The summed E-state index contributed by atoms with van der Waals surface area (Å²) in [6.45, 7) is 2.01. The molecule has 2 N–H and O–H groups in total. The van der Waals surface area contributed by atoms with Crippen molar-refractivity contribution in [3.05, 3.63) is 59.9 Å². The number of halogens is 1. The number of likely N-dealkylation sites (tertiary alicyclic amines) is 1. The zero-order valence-electron chi connectivity index (χ0n) is 13.6. The van der Waals surface area contributed by atoms with E-state index in [-0.39, 0.29) is 5.82 Å². The first-order valence-electron chi connectivity index (χ1n) is 8.24. The molecule has 0 bridgehead atoms. The van der Waals surface area contributed by atoms with Gasteiger partial charge in [-0.1, -0.05) is 0 Å². The highest BCUT2D eigenvalue weighted by molar-refractivity contribution is 5.31. The molecular weight excluding hydrogens is 323 g/mol. The first-order chi connectivity index (χ1) is 12.1. The fraction of sp³-hybridized carbons (Fsp3) is 0.353. The minimum absolute atomic E-state index is 0.267. The second kappa shape index (κ2) is 6.38. The van der Waals surface area contributed by atoms with Crippen molar-refractivity contribution < 1.29 is 9.50 Å². The van der Waals surface area contributed by atoms with Gasteiger partial charge in [-0.25, -0.2) is 9.07 Å². The van der Waals surface area contributed by atoms with E-state index in [0.29, 0.717) is 25.2 Å². The maximum atomic E-state index is 13.0. The lowest BCUT2D eigenvalue weighted by Crippen LogP contribution is -2.46. The van der Waals surface area contributed by atoms with Crippen molar-refractivity contribution >= 4 is 0 Å². The molecule has 130 valence electrons.